The summed E-state index contributed by atoms with van der Waals surface area (Å²) in [7, 11) is 1.68. The molecular weight excluding hydrogens is 378 g/mol. The fraction of sp³-hybridized carbons (Fsp3) is 0.300. The van der Waals surface area contributed by atoms with Crippen LogP contribution in [0.5, 0.6) is 5.75 Å². The number of nitrogens with one attached hydrogen (secondary N) is 1. The molecule has 0 fully saturated rings. The third kappa shape index (κ3) is 4.83. The first kappa shape index (κ1) is 19.8. The molecule has 0 radical (unpaired) electrons. The van der Waals surface area contributed by atoms with Crippen LogP contribution in [0.3, 0.4) is 0 Å². The second-order valence-electron chi connectivity index (χ2n) is 6.43. The summed E-state index contributed by atoms with van der Waals surface area (Å²) in [5, 5.41) is 1.82. The molecule has 1 amide bonds. The Bertz CT molecular complexity index is 1040. The van der Waals surface area contributed by atoms with Gasteiger partial charge < -0.3 is 14.6 Å². The summed E-state index contributed by atoms with van der Waals surface area (Å²) in [5.74, 6) is 1.09. The summed E-state index contributed by atoms with van der Waals surface area (Å²) in [6.45, 7) is 2.16. The van der Waals surface area contributed by atoms with Crippen molar-refractivity contribution >= 4 is 33.2 Å². The van der Waals surface area contributed by atoms with Crippen molar-refractivity contribution in [2.24, 2.45) is 0 Å². The SMILES string of the molecule is CC(=O)c1ccc(OCCCC(=O)N(C)Cc2nc3ccsc3c(=O)[nH]2)cc1. The highest BCUT2D eigenvalue weighted by Gasteiger charge is 2.12. The number of carbonyl (C=O) groups is 2. The summed E-state index contributed by atoms with van der Waals surface area (Å²) in [6.07, 6.45) is 0.887. The van der Waals surface area contributed by atoms with Crippen molar-refractivity contribution in [3.8, 4) is 5.75 Å². The van der Waals surface area contributed by atoms with Crippen molar-refractivity contribution in [2.75, 3.05) is 13.7 Å². The number of nitrogens with zero attached hydrogens (tertiary/aromatic N) is 2. The number of hydrogen-bond donors (Lipinski definition) is 1. The summed E-state index contributed by atoms with van der Waals surface area (Å²) in [5.41, 5.74) is 1.10. The van der Waals surface area contributed by atoms with Gasteiger partial charge in [0.25, 0.3) is 5.56 Å². The van der Waals surface area contributed by atoms with E-state index in [1.807, 2.05) is 5.38 Å². The minimum absolute atomic E-state index is 0.00849. The molecule has 0 saturated carbocycles. The van der Waals surface area contributed by atoms with Gasteiger partial charge in [-0.2, -0.15) is 0 Å². The van der Waals surface area contributed by atoms with Crippen molar-refractivity contribution in [3.05, 3.63) is 57.5 Å². The smallest absolute Gasteiger partial charge is 0.268 e. The number of hydrogen-bond acceptors (Lipinski definition) is 6. The molecule has 3 aromatic rings. The van der Waals surface area contributed by atoms with Crippen LogP contribution in [-0.4, -0.2) is 40.2 Å². The Hall–Kier alpha value is -3.00. The number of ether oxygens (including phenoxy) is 1. The van der Waals surface area contributed by atoms with Crippen LogP contribution in [0.15, 0.2) is 40.5 Å². The molecule has 2 aromatic heterocycles. The molecule has 0 atom stereocenters. The number of aromatic nitrogens is 2. The van der Waals surface area contributed by atoms with Crippen LogP contribution < -0.4 is 10.3 Å². The predicted molar refractivity (Wildman–Crippen MR) is 108 cm³/mol. The molecule has 0 aliphatic rings. The molecule has 1 aromatic carbocycles. The fourth-order valence-electron chi connectivity index (χ4n) is 2.70. The number of Topliss-reactive ketones (excluding diaryl/α,β-unsaturated/α-hetero) is 1. The number of ketones is 1. The highest BCUT2D eigenvalue weighted by atomic mass is 32.1. The molecule has 3 rings (SSSR count). The lowest BCUT2D eigenvalue weighted by molar-refractivity contribution is -0.130. The first-order valence-corrected chi connectivity index (χ1v) is 9.76. The largest absolute Gasteiger partial charge is 0.494 e. The average Bonchev–Trinajstić information content (AvgIpc) is 3.14. The van der Waals surface area contributed by atoms with E-state index in [4.69, 9.17) is 4.74 Å². The van der Waals surface area contributed by atoms with Gasteiger partial charge in [-0.1, -0.05) is 0 Å². The molecule has 146 valence electrons. The van der Waals surface area contributed by atoms with Gasteiger partial charge >= 0.3 is 0 Å². The van der Waals surface area contributed by atoms with Gasteiger partial charge in [0.15, 0.2) is 5.78 Å². The third-order valence-corrected chi connectivity index (χ3v) is 5.14. The van der Waals surface area contributed by atoms with E-state index >= 15 is 0 Å². The highest BCUT2D eigenvalue weighted by molar-refractivity contribution is 7.17. The first-order valence-electron chi connectivity index (χ1n) is 8.88. The molecule has 0 unspecified atom stereocenters. The second-order valence-corrected chi connectivity index (χ2v) is 7.35. The number of benzene rings is 1. The fourth-order valence-corrected chi connectivity index (χ4v) is 3.42. The van der Waals surface area contributed by atoms with Gasteiger partial charge in [-0.15, -0.1) is 11.3 Å². The molecule has 7 nitrogen and oxygen atoms in total. The normalized spacial score (nSPS) is 10.8. The Morgan fingerprint density at radius 1 is 1.21 bits per heavy atom. The number of rotatable bonds is 8. The van der Waals surface area contributed by atoms with Crippen LogP contribution in [0.2, 0.25) is 0 Å². The molecule has 0 bridgehead atoms. The van der Waals surface area contributed by atoms with Crippen molar-refractivity contribution in [2.45, 2.75) is 26.3 Å². The van der Waals surface area contributed by atoms with Crippen LogP contribution in [0.4, 0.5) is 0 Å². The van der Waals surface area contributed by atoms with Gasteiger partial charge in [0.05, 0.1) is 18.7 Å². The zero-order chi connectivity index (χ0) is 20.1. The number of fused-ring (bicyclic) bond motifs is 1. The first-order chi connectivity index (χ1) is 13.4. The lowest BCUT2D eigenvalue weighted by Crippen LogP contribution is -2.28. The van der Waals surface area contributed by atoms with Crippen molar-refractivity contribution in [1.82, 2.24) is 14.9 Å². The van der Waals surface area contributed by atoms with Crippen LogP contribution in [0, 0.1) is 0 Å². The molecule has 28 heavy (non-hydrogen) atoms. The van der Waals surface area contributed by atoms with Crippen molar-refractivity contribution in [1.29, 1.82) is 0 Å². The van der Waals surface area contributed by atoms with Gasteiger partial charge in [0.2, 0.25) is 5.91 Å². The maximum absolute atomic E-state index is 12.3. The Morgan fingerprint density at radius 2 is 1.96 bits per heavy atom. The summed E-state index contributed by atoms with van der Waals surface area (Å²) >= 11 is 1.34. The zero-order valence-corrected chi connectivity index (χ0v) is 16.5. The van der Waals surface area contributed by atoms with Crippen LogP contribution >= 0.6 is 11.3 Å². The van der Waals surface area contributed by atoms with Crippen molar-refractivity contribution in [3.63, 3.8) is 0 Å². The number of H-pyrrole nitrogens is 1. The lowest BCUT2D eigenvalue weighted by Gasteiger charge is -2.16. The van der Waals surface area contributed by atoms with E-state index in [1.54, 1.807) is 37.4 Å². The van der Waals surface area contributed by atoms with E-state index in [0.29, 0.717) is 46.8 Å². The number of amides is 1. The lowest BCUT2D eigenvalue weighted by atomic mass is 10.1. The Balaban J connectivity index is 1.46. The van der Waals surface area contributed by atoms with E-state index in [-0.39, 0.29) is 23.8 Å². The number of aromatic amines is 1. The van der Waals surface area contributed by atoms with E-state index in [0.717, 1.165) is 0 Å². The molecule has 0 aliphatic carbocycles. The highest BCUT2D eigenvalue weighted by Crippen LogP contribution is 2.15. The molecule has 2 heterocycles. The summed E-state index contributed by atoms with van der Waals surface area (Å²) in [6, 6.07) is 8.71. The van der Waals surface area contributed by atoms with Crippen molar-refractivity contribution < 1.29 is 14.3 Å². The quantitative estimate of drug-likeness (QED) is 0.464. The maximum Gasteiger partial charge on any atom is 0.268 e. The predicted octanol–water partition coefficient (Wildman–Crippen LogP) is 3.00. The van der Waals surface area contributed by atoms with Gasteiger partial charge in [0.1, 0.15) is 16.3 Å². The minimum atomic E-state index is -0.181. The van der Waals surface area contributed by atoms with Gasteiger partial charge in [-0.05, 0) is 49.1 Å². The maximum atomic E-state index is 12.3. The van der Waals surface area contributed by atoms with E-state index in [1.165, 1.54) is 23.2 Å². The van der Waals surface area contributed by atoms with E-state index in [2.05, 4.69) is 9.97 Å². The number of thiophene rings is 1. The molecule has 8 heteroatoms. The van der Waals surface area contributed by atoms with Gasteiger partial charge in [0, 0.05) is 19.0 Å². The zero-order valence-electron chi connectivity index (χ0n) is 15.7. The Labute approximate surface area is 166 Å². The standard InChI is InChI=1S/C20H21N3O4S/c1-13(24)14-5-7-15(8-6-14)27-10-3-4-18(25)23(2)12-17-21-16-9-11-28-19(16)20(26)22-17/h5-9,11H,3-4,10,12H2,1-2H3,(H,21,22,26). The average molecular weight is 399 g/mol. The number of carbonyl (C=O) groups excluding carboxylic acids is 2. The second kappa shape index (κ2) is 8.79. The molecule has 1 N–H and O–H groups in total. The molecule has 0 saturated heterocycles. The van der Waals surface area contributed by atoms with Crippen LogP contribution in [0.1, 0.15) is 35.9 Å². The monoisotopic (exact) mass is 399 g/mol. The van der Waals surface area contributed by atoms with Gasteiger partial charge in [-0.25, -0.2) is 4.98 Å². The van der Waals surface area contributed by atoms with Crippen LogP contribution in [0.25, 0.3) is 10.2 Å². The minimum Gasteiger partial charge on any atom is -0.494 e. The van der Waals surface area contributed by atoms with Crippen LogP contribution in [-0.2, 0) is 11.3 Å². The Morgan fingerprint density at radius 3 is 2.68 bits per heavy atom. The van der Waals surface area contributed by atoms with E-state index in [9.17, 15) is 14.4 Å². The molecule has 0 spiro atoms. The Kier molecular flexibility index (Phi) is 6.20. The third-order valence-electron chi connectivity index (χ3n) is 4.24. The summed E-state index contributed by atoms with van der Waals surface area (Å²) < 4.78 is 6.19. The topological polar surface area (TPSA) is 92.4 Å². The molecule has 0 aliphatic heterocycles. The van der Waals surface area contributed by atoms with Gasteiger partial charge in [-0.3, -0.25) is 14.4 Å². The molecular formula is C20H21N3O4S. The van der Waals surface area contributed by atoms with E-state index < -0.39 is 0 Å². The summed E-state index contributed by atoms with van der Waals surface area (Å²) in [4.78, 5) is 44.2.